The fraction of sp³-hybridized carbons (Fsp3) is 0.353. The average molecular weight is 374 g/mol. The summed E-state index contributed by atoms with van der Waals surface area (Å²) in [6.45, 7) is 4.79. The quantitative estimate of drug-likeness (QED) is 0.498. The average Bonchev–Trinajstić information content (AvgIpc) is 3.22. The van der Waals surface area contributed by atoms with Gasteiger partial charge in [-0.05, 0) is 26.0 Å². The van der Waals surface area contributed by atoms with Crippen LogP contribution in [0.5, 0.6) is 0 Å². The number of carbonyl (C=O) groups is 3. The maximum atomic E-state index is 12.2. The maximum Gasteiger partial charge on any atom is 0.385 e. The van der Waals surface area contributed by atoms with Crippen LogP contribution in [0, 0.1) is 0 Å². The molecule has 142 valence electrons. The number of benzene rings is 1. The first-order valence-corrected chi connectivity index (χ1v) is 8.38. The monoisotopic (exact) mass is 374 g/mol. The SMILES string of the molecule is CCOC(Cn1cc(C(=O)ON2C(=O)c3ccccc3C2=O)nn1)OCC. The zero-order chi connectivity index (χ0) is 19.4. The summed E-state index contributed by atoms with van der Waals surface area (Å²) in [6.07, 6.45) is 0.785. The van der Waals surface area contributed by atoms with Crippen molar-refractivity contribution in [3.63, 3.8) is 0 Å². The van der Waals surface area contributed by atoms with Crippen LogP contribution in [0.1, 0.15) is 45.1 Å². The first-order chi connectivity index (χ1) is 13.0. The molecule has 2 aromatic rings. The first-order valence-electron chi connectivity index (χ1n) is 8.38. The number of hydrogen-bond donors (Lipinski definition) is 0. The molecule has 10 heteroatoms. The van der Waals surface area contributed by atoms with Crippen molar-refractivity contribution < 1.29 is 28.7 Å². The molecule has 0 N–H and O–H groups in total. The molecule has 1 aliphatic rings. The molecule has 0 bridgehead atoms. The van der Waals surface area contributed by atoms with Crippen molar-refractivity contribution in [2.24, 2.45) is 0 Å². The minimum Gasteiger partial charge on any atom is -0.351 e. The molecule has 0 radical (unpaired) electrons. The standard InChI is InChI=1S/C17H18N4O6/c1-3-25-14(26-4-2)10-20-9-13(18-19-20)17(24)27-21-15(22)11-7-5-6-8-12(11)16(21)23/h5-9,14H,3-4,10H2,1-2H3. The second kappa shape index (κ2) is 8.06. The molecular weight excluding hydrogens is 356 g/mol. The van der Waals surface area contributed by atoms with Crippen molar-refractivity contribution >= 4 is 17.8 Å². The van der Waals surface area contributed by atoms with E-state index in [0.717, 1.165) is 0 Å². The predicted octanol–water partition coefficient (Wildman–Crippen LogP) is 1.05. The number of aromatic nitrogens is 3. The molecule has 0 saturated heterocycles. The molecule has 27 heavy (non-hydrogen) atoms. The molecule has 3 rings (SSSR count). The van der Waals surface area contributed by atoms with Crippen molar-refractivity contribution in [1.29, 1.82) is 0 Å². The Balaban J connectivity index is 1.67. The van der Waals surface area contributed by atoms with E-state index in [0.29, 0.717) is 18.3 Å². The van der Waals surface area contributed by atoms with E-state index in [1.54, 1.807) is 12.1 Å². The molecule has 1 aliphatic heterocycles. The largest absolute Gasteiger partial charge is 0.385 e. The lowest BCUT2D eigenvalue weighted by atomic mass is 10.1. The highest BCUT2D eigenvalue weighted by molar-refractivity contribution is 6.21. The summed E-state index contributed by atoms with van der Waals surface area (Å²) in [6, 6.07) is 6.21. The molecule has 0 fully saturated rings. The molecule has 1 aromatic heterocycles. The van der Waals surface area contributed by atoms with Gasteiger partial charge in [0.05, 0.1) is 23.9 Å². The van der Waals surface area contributed by atoms with E-state index in [1.807, 2.05) is 13.8 Å². The van der Waals surface area contributed by atoms with E-state index in [1.165, 1.54) is 23.0 Å². The minimum absolute atomic E-state index is 0.154. The Morgan fingerprint density at radius 1 is 1.07 bits per heavy atom. The van der Waals surface area contributed by atoms with Crippen LogP contribution in [0.3, 0.4) is 0 Å². The van der Waals surface area contributed by atoms with Gasteiger partial charge in [-0.1, -0.05) is 22.4 Å². The second-order valence-corrected chi connectivity index (χ2v) is 5.50. The third kappa shape index (κ3) is 3.86. The van der Waals surface area contributed by atoms with Crippen LogP contribution >= 0.6 is 0 Å². The van der Waals surface area contributed by atoms with Crippen LogP contribution in [-0.2, 0) is 20.9 Å². The minimum atomic E-state index is -0.972. The summed E-state index contributed by atoms with van der Waals surface area (Å²) >= 11 is 0. The third-order valence-electron chi connectivity index (χ3n) is 3.72. The summed E-state index contributed by atoms with van der Waals surface area (Å²) in [7, 11) is 0. The van der Waals surface area contributed by atoms with Crippen LogP contribution in [0.2, 0.25) is 0 Å². The molecule has 1 aromatic carbocycles. The third-order valence-corrected chi connectivity index (χ3v) is 3.72. The van der Waals surface area contributed by atoms with Crippen LogP contribution in [0.15, 0.2) is 30.5 Å². The number of hydroxylamine groups is 2. The smallest absolute Gasteiger partial charge is 0.351 e. The van der Waals surface area contributed by atoms with Gasteiger partial charge in [0.15, 0.2) is 12.0 Å². The van der Waals surface area contributed by atoms with Crippen molar-refractivity contribution in [2.45, 2.75) is 26.7 Å². The molecular formula is C17H18N4O6. The fourth-order valence-corrected chi connectivity index (χ4v) is 2.54. The van der Waals surface area contributed by atoms with E-state index in [2.05, 4.69) is 10.3 Å². The van der Waals surface area contributed by atoms with Crippen molar-refractivity contribution in [2.75, 3.05) is 13.2 Å². The Kier molecular flexibility index (Phi) is 5.57. The molecule has 2 amide bonds. The van der Waals surface area contributed by atoms with E-state index < -0.39 is 24.1 Å². The summed E-state index contributed by atoms with van der Waals surface area (Å²) in [4.78, 5) is 41.6. The van der Waals surface area contributed by atoms with Crippen molar-refractivity contribution in [3.8, 4) is 0 Å². The van der Waals surface area contributed by atoms with Gasteiger partial charge in [-0.15, -0.1) is 5.10 Å². The highest BCUT2D eigenvalue weighted by atomic mass is 16.7. The summed E-state index contributed by atoms with van der Waals surface area (Å²) in [5.74, 6) is -2.38. The zero-order valence-corrected chi connectivity index (χ0v) is 14.8. The molecule has 2 heterocycles. The maximum absolute atomic E-state index is 12.2. The number of amides is 2. The van der Waals surface area contributed by atoms with Gasteiger partial charge < -0.3 is 14.3 Å². The first kappa shape index (κ1) is 18.7. The van der Waals surface area contributed by atoms with Gasteiger partial charge >= 0.3 is 5.97 Å². The van der Waals surface area contributed by atoms with Crippen LogP contribution in [0.25, 0.3) is 0 Å². The number of ether oxygens (including phenoxy) is 2. The summed E-state index contributed by atoms with van der Waals surface area (Å²) < 4.78 is 12.2. The number of nitrogens with zero attached hydrogens (tertiary/aromatic N) is 4. The molecule has 0 spiro atoms. The van der Waals surface area contributed by atoms with Gasteiger partial charge in [0.1, 0.15) is 0 Å². The van der Waals surface area contributed by atoms with Gasteiger partial charge in [-0.2, -0.15) is 0 Å². The van der Waals surface area contributed by atoms with E-state index >= 15 is 0 Å². The Bertz CT molecular complexity index is 824. The number of hydrogen-bond acceptors (Lipinski definition) is 8. The Morgan fingerprint density at radius 2 is 1.67 bits per heavy atom. The molecule has 0 atom stereocenters. The van der Waals surface area contributed by atoms with Crippen LogP contribution in [-0.4, -0.2) is 57.3 Å². The summed E-state index contributed by atoms with van der Waals surface area (Å²) in [5.41, 5.74) is 0.198. The van der Waals surface area contributed by atoms with E-state index in [4.69, 9.17) is 14.3 Å². The Hall–Kier alpha value is -3.11. The topological polar surface area (TPSA) is 113 Å². The van der Waals surface area contributed by atoms with Gasteiger partial charge in [0.2, 0.25) is 0 Å². The van der Waals surface area contributed by atoms with Crippen molar-refractivity contribution in [1.82, 2.24) is 20.1 Å². The normalized spacial score (nSPS) is 13.4. The Morgan fingerprint density at radius 3 is 2.22 bits per heavy atom. The number of carbonyl (C=O) groups excluding carboxylic acids is 3. The molecule has 0 saturated carbocycles. The van der Waals surface area contributed by atoms with Crippen LogP contribution in [0.4, 0.5) is 0 Å². The van der Waals surface area contributed by atoms with Gasteiger partial charge in [0.25, 0.3) is 11.8 Å². The highest BCUT2D eigenvalue weighted by Crippen LogP contribution is 2.23. The Labute approximate surface area is 154 Å². The number of imide groups is 1. The lowest BCUT2D eigenvalue weighted by Crippen LogP contribution is -2.32. The van der Waals surface area contributed by atoms with Crippen molar-refractivity contribution in [3.05, 3.63) is 47.3 Å². The predicted molar refractivity (Wildman–Crippen MR) is 89.4 cm³/mol. The highest BCUT2D eigenvalue weighted by Gasteiger charge is 2.39. The van der Waals surface area contributed by atoms with Crippen LogP contribution < -0.4 is 0 Å². The summed E-state index contributed by atoms with van der Waals surface area (Å²) in [5, 5.41) is 7.95. The number of rotatable bonds is 8. The molecule has 0 aliphatic carbocycles. The second-order valence-electron chi connectivity index (χ2n) is 5.50. The molecule has 10 nitrogen and oxygen atoms in total. The molecule has 0 unspecified atom stereocenters. The van der Waals surface area contributed by atoms with Gasteiger partial charge in [-0.25, -0.2) is 9.48 Å². The number of fused-ring (bicyclic) bond motifs is 1. The van der Waals surface area contributed by atoms with E-state index in [-0.39, 0.29) is 23.4 Å². The lowest BCUT2D eigenvalue weighted by molar-refractivity contribution is -0.145. The fourth-order valence-electron chi connectivity index (χ4n) is 2.54. The van der Waals surface area contributed by atoms with Gasteiger partial charge in [0, 0.05) is 13.2 Å². The lowest BCUT2D eigenvalue weighted by Gasteiger charge is -2.16. The zero-order valence-electron chi connectivity index (χ0n) is 14.8. The van der Waals surface area contributed by atoms with E-state index in [9.17, 15) is 14.4 Å². The van der Waals surface area contributed by atoms with Gasteiger partial charge in [-0.3, -0.25) is 9.59 Å².